The highest BCUT2D eigenvalue weighted by atomic mass is 16.5. The lowest BCUT2D eigenvalue weighted by Gasteiger charge is -2.18. The van der Waals surface area contributed by atoms with Crippen LogP contribution in [0, 0.1) is 13.8 Å². The molecular formula is C12H19NO. The molecule has 0 bridgehead atoms. The van der Waals surface area contributed by atoms with Gasteiger partial charge in [-0.1, -0.05) is 6.07 Å². The SMILES string of the molecule is CN[C@@H](C)c1c(C)cc(C)cc1OC. The molecule has 0 radical (unpaired) electrons. The third kappa shape index (κ3) is 2.07. The molecule has 14 heavy (non-hydrogen) atoms. The van der Waals surface area contributed by atoms with Crippen LogP contribution in [0.1, 0.15) is 29.7 Å². The first kappa shape index (κ1) is 11.1. The van der Waals surface area contributed by atoms with Crippen LogP contribution in [0.5, 0.6) is 5.75 Å². The van der Waals surface area contributed by atoms with E-state index >= 15 is 0 Å². The van der Waals surface area contributed by atoms with Crippen LogP contribution in [0.4, 0.5) is 0 Å². The van der Waals surface area contributed by atoms with Gasteiger partial charge >= 0.3 is 0 Å². The average molecular weight is 193 g/mol. The van der Waals surface area contributed by atoms with Gasteiger partial charge in [0.05, 0.1) is 7.11 Å². The number of ether oxygens (including phenoxy) is 1. The van der Waals surface area contributed by atoms with E-state index in [1.165, 1.54) is 16.7 Å². The van der Waals surface area contributed by atoms with Gasteiger partial charge in [0.2, 0.25) is 0 Å². The molecule has 0 aliphatic rings. The first-order valence-corrected chi connectivity index (χ1v) is 4.92. The van der Waals surface area contributed by atoms with Crippen molar-refractivity contribution in [2.75, 3.05) is 14.2 Å². The summed E-state index contributed by atoms with van der Waals surface area (Å²) in [6.07, 6.45) is 0. The summed E-state index contributed by atoms with van der Waals surface area (Å²) in [7, 11) is 3.68. The van der Waals surface area contributed by atoms with Gasteiger partial charge in [0.15, 0.2) is 0 Å². The van der Waals surface area contributed by atoms with Crippen LogP contribution in [-0.2, 0) is 0 Å². The van der Waals surface area contributed by atoms with Crippen molar-refractivity contribution >= 4 is 0 Å². The molecule has 0 saturated heterocycles. The molecule has 2 heteroatoms. The van der Waals surface area contributed by atoms with E-state index in [-0.39, 0.29) is 0 Å². The maximum Gasteiger partial charge on any atom is 0.124 e. The molecule has 1 aromatic carbocycles. The van der Waals surface area contributed by atoms with Crippen molar-refractivity contribution in [3.05, 3.63) is 28.8 Å². The zero-order chi connectivity index (χ0) is 10.7. The molecule has 1 aromatic rings. The second kappa shape index (κ2) is 4.47. The van der Waals surface area contributed by atoms with Crippen LogP contribution in [-0.4, -0.2) is 14.2 Å². The van der Waals surface area contributed by atoms with Crippen LogP contribution in [0.25, 0.3) is 0 Å². The lowest BCUT2D eigenvalue weighted by Crippen LogP contribution is -2.14. The molecule has 0 spiro atoms. The Hall–Kier alpha value is -1.02. The van der Waals surface area contributed by atoms with Crippen LogP contribution in [0.3, 0.4) is 0 Å². The molecule has 0 aliphatic heterocycles. The minimum atomic E-state index is 0.325. The molecule has 0 amide bonds. The lowest BCUT2D eigenvalue weighted by atomic mass is 9.99. The molecule has 0 aromatic heterocycles. The molecule has 0 aliphatic carbocycles. The maximum atomic E-state index is 5.39. The largest absolute Gasteiger partial charge is 0.496 e. The maximum absolute atomic E-state index is 5.39. The van der Waals surface area contributed by atoms with Gasteiger partial charge in [-0.05, 0) is 45.0 Å². The van der Waals surface area contributed by atoms with Gasteiger partial charge in [0.25, 0.3) is 0 Å². The van der Waals surface area contributed by atoms with Gasteiger partial charge in [-0.25, -0.2) is 0 Å². The van der Waals surface area contributed by atoms with E-state index in [1.807, 2.05) is 7.05 Å². The number of benzene rings is 1. The van der Waals surface area contributed by atoms with Gasteiger partial charge in [-0.15, -0.1) is 0 Å². The van der Waals surface area contributed by atoms with Crippen LogP contribution < -0.4 is 10.1 Å². The lowest BCUT2D eigenvalue weighted by molar-refractivity contribution is 0.403. The molecule has 2 nitrogen and oxygen atoms in total. The number of hydrogen-bond donors (Lipinski definition) is 1. The normalized spacial score (nSPS) is 12.6. The molecule has 1 atom stereocenters. The Kier molecular flexibility index (Phi) is 3.53. The van der Waals surface area contributed by atoms with E-state index in [4.69, 9.17) is 4.74 Å². The fraction of sp³-hybridized carbons (Fsp3) is 0.500. The number of nitrogens with one attached hydrogen (secondary N) is 1. The van der Waals surface area contributed by atoms with E-state index in [9.17, 15) is 0 Å². The first-order valence-electron chi connectivity index (χ1n) is 4.92. The Morgan fingerprint density at radius 3 is 2.43 bits per heavy atom. The molecule has 78 valence electrons. The fourth-order valence-corrected chi connectivity index (χ4v) is 1.81. The third-order valence-electron chi connectivity index (χ3n) is 2.58. The summed E-state index contributed by atoms with van der Waals surface area (Å²) in [6.45, 7) is 6.35. The Bertz CT molecular complexity index is 320. The number of aryl methyl sites for hydroxylation is 2. The fourth-order valence-electron chi connectivity index (χ4n) is 1.81. The molecule has 0 unspecified atom stereocenters. The van der Waals surface area contributed by atoms with Crippen molar-refractivity contribution in [3.8, 4) is 5.75 Å². The molecule has 0 saturated carbocycles. The van der Waals surface area contributed by atoms with Crippen molar-refractivity contribution in [3.63, 3.8) is 0 Å². The van der Waals surface area contributed by atoms with Gasteiger partial charge in [0.1, 0.15) is 5.75 Å². The predicted octanol–water partition coefficient (Wildman–Crippen LogP) is 2.59. The topological polar surface area (TPSA) is 21.3 Å². The van der Waals surface area contributed by atoms with Gasteiger partial charge in [-0.2, -0.15) is 0 Å². The van der Waals surface area contributed by atoms with E-state index in [1.54, 1.807) is 7.11 Å². The Labute approximate surface area is 86.3 Å². The van der Waals surface area contributed by atoms with Crippen molar-refractivity contribution in [1.29, 1.82) is 0 Å². The monoisotopic (exact) mass is 193 g/mol. The highest BCUT2D eigenvalue weighted by molar-refractivity contribution is 5.44. The Morgan fingerprint density at radius 2 is 1.93 bits per heavy atom. The third-order valence-corrected chi connectivity index (χ3v) is 2.58. The summed E-state index contributed by atoms with van der Waals surface area (Å²) >= 11 is 0. The van der Waals surface area contributed by atoms with Gasteiger partial charge in [-0.3, -0.25) is 0 Å². The van der Waals surface area contributed by atoms with E-state index in [0.29, 0.717) is 6.04 Å². The predicted molar refractivity (Wildman–Crippen MR) is 59.9 cm³/mol. The van der Waals surface area contributed by atoms with Crippen LogP contribution in [0.15, 0.2) is 12.1 Å². The molecule has 1 rings (SSSR count). The number of hydrogen-bond acceptors (Lipinski definition) is 2. The van der Waals surface area contributed by atoms with Gasteiger partial charge in [0, 0.05) is 11.6 Å². The summed E-state index contributed by atoms with van der Waals surface area (Å²) in [5, 5.41) is 3.24. The van der Waals surface area contributed by atoms with Crippen LogP contribution in [0.2, 0.25) is 0 Å². The minimum absolute atomic E-state index is 0.325. The van der Waals surface area contributed by atoms with Crippen molar-refractivity contribution in [2.24, 2.45) is 0 Å². The van der Waals surface area contributed by atoms with Crippen LogP contribution >= 0.6 is 0 Å². The Balaban J connectivity index is 3.24. The van der Waals surface area contributed by atoms with Crippen molar-refractivity contribution < 1.29 is 4.74 Å². The summed E-state index contributed by atoms with van der Waals surface area (Å²) in [4.78, 5) is 0. The van der Waals surface area contributed by atoms with E-state index in [2.05, 4.69) is 38.2 Å². The standard InChI is InChI=1S/C12H19NO/c1-8-6-9(2)12(10(3)13-4)11(7-8)14-5/h6-7,10,13H,1-5H3/t10-/m0/s1. The minimum Gasteiger partial charge on any atom is -0.496 e. The number of rotatable bonds is 3. The van der Waals surface area contributed by atoms with Crippen molar-refractivity contribution in [1.82, 2.24) is 5.32 Å². The quantitative estimate of drug-likeness (QED) is 0.796. The summed E-state index contributed by atoms with van der Waals surface area (Å²) < 4.78 is 5.39. The number of methoxy groups -OCH3 is 1. The summed E-state index contributed by atoms with van der Waals surface area (Å²) in [5.41, 5.74) is 3.77. The van der Waals surface area contributed by atoms with Crippen molar-refractivity contribution in [2.45, 2.75) is 26.8 Å². The highest BCUT2D eigenvalue weighted by Crippen LogP contribution is 2.29. The molecular weight excluding hydrogens is 174 g/mol. The summed E-state index contributed by atoms with van der Waals surface area (Å²) in [6, 6.07) is 4.59. The zero-order valence-electron chi connectivity index (χ0n) is 9.64. The molecule has 0 heterocycles. The van der Waals surface area contributed by atoms with E-state index in [0.717, 1.165) is 5.75 Å². The first-order chi connectivity index (χ1) is 6.60. The second-order valence-electron chi connectivity index (χ2n) is 3.71. The summed E-state index contributed by atoms with van der Waals surface area (Å²) in [5.74, 6) is 0.976. The highest BCUT2D eigenvalue weighted by Gasteiger charge is 2.12. The Morgan fingerprint density at radius 1 is 1.29 bits per heavy atom. The zero-order valence-corrected chi connectivity index (χ0v) is 9.64. The average Bonchev–Trinajstić information content (AvgIpc) is 2.15. The second-order valence-corrected chi connectivity index (χ2v) is 3.71. The van der Waals surface area contributed by atoms with E-state index < -0.39 is 0 Å². The molecule has 1 N–H and O–H groups in total. The van der Waals surface area contributed by atoms with Gasteiger partial charge < -0.3 is 10.1 Å². The smallest absolute Gasteiger partial charge is 0.124 e. The molecule has 0 fully saturated rings.